The number of hydrogen-bond acceptors (Lipinski definition) is 4. The number of pyridine rings is 1. The van der Waals surface area contributed by atoms with E-state index in [1.165, 1.54) is 0 Å². The van der Waals surface area contributed by atoms with E-state index in [-0.39, 0.29) is 16.7 Å². The zero-order valence-electron chi connectivity index (χ0n) is 11.9. The molecule has 0 bridgehead atoms. The summed E-state index contributed by atoms with van der Waals surface area (Å²) in [6, 6.07) is 0.816. The highest BCUT2D eigenvalue weighted by atomic mass is 19.4. The van der Waals surface area contributed by atoms with E-state index in [4.69, 9.17) is 5.73 Å². The van der Waals surface area contributed by atoms with Gasteiger partial charge < -0.3 is 5.73 Å². The number of halogens is 5. The number of nitrogens with one attached hydrogen (secondary N) is 1. The van der Waals surface area contributed by atoms with Crippen molar-refractivity contribution in [2.45, 2.75) is 6.18 Å². The minimum Gasteiger partial charge on any atom is -0.384 e. The van der Waals surface area contributed by atoms with E-state index in [9.17, 15) is 36.3 Å². The molecule has 6 nitrogen and oxygen atoms in total. The summed E-state index contributed by atoms with van der Waals surface area (Å²) in [4.78, 5) is 35.4. The Morgan fingerprint density at radius 2 is 1.64 bits per heavy atom. The van der Waals surface area contributed by atoms with Crippen molar-refractivity contribution >= 4 is 17.6 Å². The van der Waals surface area contributed by atoms with Crippen LogP contribution < -0.4 is 16.6 Å². The molecule has 0 fully saturated rings. The highest BCUT2D eigenvalue weighted by Gasteiger charge is 2.40. The molecule has 0 atom stereocenters. The summed E-state index contributed by atoms with van der Waals surface area (Å²) in [6.45, 7) is 0. The Kier molecular flexibility index (Phi) is 3.41. The van der Waals surface area contributed by atoms with E-state index in [1.54, 1.807) is 0 Å². The number of benzene rings is 1. The number of imide groups is 1. The summed E-state index contributed by atoms with van der Waals surface area (Å²) >= 11 is 0. The highest BCUT2D eigenvalue weighted by molar-refractivity contribution is 6.23. The molecule has 25 heavy (non-hydrogen) atoms. The number of amides is 2. The van der Waals surface area contributed by atoms with Crippen LogP contribution in [-0.4, -0.2) is 16.4 Å². The van der Waals surface area contributed by atoms with E-state index >= 15 is 0 Å². The molecule has 1 aliphatic rings. The summed E-state index contributed by atoms with van der Waals surface area (Å²) in [5.41, 5.74) is 0.142. The van der Waals surface area contributed by atoms with Crippen LogP contribution in [0.3, 0.4) is 0 Å². The fourth-order valence-electron chi connectivity index (χ4n) is 2.54. The highest BCUT2D eigenvalue weighted by Crippen LogP contribution is 2.37. The van der Waals surface area contributed by atoms with Crippen molar-refractivity contribution < 1.29 is 31.5 Å². The van der Waals surface area contributed by atoms with Crippen molar-refractivity contribution in [3.63, 3.8) is 0 Å². The lowest BCUT2D eigenvalue weighted by Gasteiger charge is -2.18. The fourth-order valence-corrected chi connectivity index (χ4v) is 2.54. The number of hydrogen-bond donors (Lipinski definition) is 2. The third-order valence-corrected chi connectivity index (χ3v) is 3.51. The van der Waals surface area contributed by atoms with Gasteiger partial charge in [0.15, 0.2) is 0 Å². The maximum atomic E-state index is 13.7. The molecule has 2 aromatic rings. The van der Waals surface area contributed by atoms with Crippen LogP contribution >= 0.6 is 0 Å². The van der Waals surface area contributed by atoms with Crippen molar-refractivity contribution in [3.05, 3.63) is 56.9 Å². The van der Waals surface area contributed by atoms with Gasteiger partial charge >= 0.3 is 6.18 Å². The van der Waals surface area contributed by atoms with Crippen LogP contribution in [-0.2, 0) is 6.18 Å². The van der Waals surface area contributed by atoms with Crippen LogP contribution in [0.2, 0.25) is 0 Å². The van der Waals surface area contributed by atoms with Gasteiger partial charge in [-0.2, -0.15) is 13.2 Å². The monoisotopic (exact) mass is 359 g/mol. The van der Waals surface area contributed by atoms with Crippen LogP contribution in [0.15, 0.2) is 23.0 Å². The zero-order valence-corrected chi connectivity index (χ0v) is 11.9. The Hall–Kier alpha value is -3.24. The predicted molar refractivity (Wildman–Crippen MR) is 73.2 cm³/mol. The maximum Gasteiger partial charge on any atom is 0.421 e. The molecule has 1 aromatic heterocycles. The van der Waals surface area contributed by atoms with Crippen molar-refractivity contribution in [1.82, 2.24) is 9.88 Å². The van der Waals surface area contributed by atoms with Gasteiger partial charge in [-0.05, 0) is 6.07 Å². The van der Waals surface area contributed by atoms with Crippen LogP contribution in [0, 0.1) is 11.6 Å². The quantitative estimate of drug-likeness (QED) is 0.597. The van der Waals surface area contributed by atoms with Gasteiger partial charge in [0.1, 0.15) is 23.0 Å². The molecule has 0 spiro atoms. The van der Waals surface area contributed by atoms with E-state index in [1.807, 2.05) is 5.32 Å². The number of aromatic nitrogens is 1. The molecule has 0 aliphatic carbocycles. The first-order valence-electron chi connectivity index (χ1n) is 6.50. The summed E-state index contributed by atoms with van der Waals surface area (Å²) in [6.07, 6.45) is -5.28. The molecular weight excluding hydrogens is 353 g/mol. The molecule has 0 saturated carbocycles. The number of anilines is 1. The number of alkyl halides is 3. The summed E-state index contributed by atoms with van der Waals surface area (Å²) < 4.78 is 66.8. The minimum absolute atomic E-state index is 0.00283. The first kappa shape index (κ1) is 16.6. The fraction of sp³-hybridized carbons (Fsp3) is 0.0714. The molecule has 0 saturated heterocycles. The largest absolute Gasteiger partial charge is 0.421 e. The average Bonchev–Trinajstić information content (AvgIpc) is 2.71. The normalized spacial score (nSPS) is 13.8. The first-order valence-corrected chi connectivity index (χ1v) is 6.50. The second-order valence-electron chi connectivity index (χ2n) is 5.05. The number of nitrogen functional groups attached to an aromatic ring is 1. The van der Waals surface area contributed by atoms with Gasteiger partial charge in [0.2, 0.25) is 0 Å². The third kappa shape index (κ3) is 2.44. The lowest BCUT2D eigenvalue weighted by molar-refractivity contribution is -0.139. The summed E-state index contributed by atoms with van der Waals surface area (Å²) in [5.74, 6) is -6.21. The number of rotatable bonds is 1. The Morgan fingerprint density at radius 1 is 1.00 bits per heavy atom. The van der Waals surface area contributed by atoms with Crippen molar-refractivity contribution in [3.8, 4) is 5.69 Å². The molecule has 2 amide bonds. The van der Waals surface area contributed by atoms with Gasteiger partial charge in [-0.3, -0.25) is 24.3 Å². The minimum atomic E-state index is -5.28. The molecule has 0 unspecified atom stereocenters. The van der Waals surface area contributed by atoms with Crippen LogP contribution in [0.5, 0.6) is 0 Å². The topological polar surface area (TPSA) is 94.2 Å². The Balaban J connectivity index is 2.45. The van der Waals surface area contributed by atoms with Gasteiger partial charge in [0.05, 0.1) is 16.8 Å². The number of nitrogens with zero attached hydrogens (tertiary/aromatic N) is 1. The van der Waals surface area contributed by atoms with E-state index in [2.05, 4.69) is 0 Å². The van der Waals surface area contributed by atoms with Crippen LogP contribution in [0.25, 0.3) is 5.69 Å². The van der Waals surface area contributed by atoms with Crippen molar-refractivity contribution in [2.24, 2.45) is 0 Å². The summed E-state index contributed by atoms with van der Waals surface area (Å²) in [5, 5.41) is 1.82. The second-order valence-corrected chi connectivity index (χ2v) is 5.05. The van der Waals surface area contributed by atoms with Gasteiger partial charge in [0, 0.05) is 12.1 Å². The Morgan fingerprint density at radius 3 is 2.24 bits per heavy atom. The first-order chi connectivity index (χ1) is 11.5. The molecule has 0 radical (unpaired) electrons. The van der Waals surface area contributed by atoms with Crippen LogP contribution in [0.4, 0.5) is 27.8 Å². The molecule has 2 heterocycles. The number of carbonyl (C=O) groups is 2. The van der Waals surface area contributed by atoms with Crippen molar-refractivity contribution in [1.29, 1.82) is 0 Å². The van der Waals surface area contributed by atoms with Crippen LogP contribution in [0.1, 0.15) is 26.3 Å². The molecule has 1 aliphatic heterocycles. The zero-order chi connectivity index (χ0) is 18.7. The SMILES string of the molecule is Nc1c2c(cc(=O)n1-c1cc(F)cc(F)c1C(F)(F)F)C(=O)NC2=O. The predicted octanol–water partition coefficient (Wildman–Crippen LogP) is 1.60. The standard InChI is InChI=1S/C14H6F5N3O3/c15-4-1-6(16)10(14(17,18)19)7(2-4)22-8(23)3-5-9(11(22)20)13(25)21-12(5)24/h1-3H,20H2,(H,21,24,25). The molecule has 130 valence electrons. The Bertz CT molecular complexity index is 1010. The molecule has 3 N–H and O–H groups in total. The van der Waals surface area contributed by atoms with E-state index in [0.717, 1.165) is 0 Å². The lowest BCUT2D eigenvalue weighted by atomic mass is 10.1. The summed E-state index contributed by atoms with van der Waals surface area (Å²) in [7, 11) is 0. The molecule has 11 heteroatoms. The van der Waals surface area contributed by atoms with Gasteiger partial charge in [-0.15, -0.1) is 0 Å². The Labute approximate surface area is 134 Å². The van der Waals surface area contributed by atoms with E-state index < -0.39 is 63.4 Å². The second kappa shape index (κ2) is 5.13. The third-order valence-electron chi connectivity index (χ3n) is 3.51. The lowest BCUT2D eigenvalue weighted by Crippen LogP contribution is -2.27. The van der Waals surface area contributed by atoms with Gasteiger partial charge in [-0.1, -0.05) is 0 Å². The number of nitrogens with two attached hydrogens (primary N) is 1. The molecular formula is C14H6F5N3O3. The van der Waals surface area contributed by atoms with Gasteiger partial charge in [-0.25, -0.2) is 8.78 Å². The van der Waals surface area contributed by atoms with Gasteiger partial charge in [0.25, 0.3) is 17.4 Å². The smallest absolute Gasteiger partial charge is 0.384 e. The number of fused-ring (bicyclic) bond motifs is 1. The maximum absolute atomic E-state index is 13.7. The molecule has 1 aromatic carbocycles. The average molecular weight is 359 g/mol. The number of carbonyl (C=O) groups excluding carboxylic acids is 2. The molecule has 3 rings (SSSR count). The van der Waals surface area contributed by atoms with E-state index in [0.29, 0.717) is 6.07 Å². The van der Waals surface area contributed by atoms with Crippen molar-refractivity contribution in [2.75, 3.05) is 5.73 Å².